The molecule has 4 heteroatoms. The van der Waals surface area contributed by atoms with Gasteiger partial charge in [-0.3, -0.25) is 4.68 Å². The first-order valence-electron chi connectivity index (χ1n) is 4.58. The van der Waals surface area contributed by atoms with E-state index >= 15 is 0 Å². The summed E-state index contributed by atoms with van der Waals surface area (Å²) in [7, 11) is 0. The maximum absolute atomic E-state index is 4.22. The molecule has 2 rings (SSSR count). The summed E-state index contributed by atoms with van der Waals surface area (Å²) in [5, 5.41) is 4.22. The Kier molecular flexibility index (Phi) is 3.26. The van der Waals surface area contributed by atoms with E-state index in [0.29, 0.717) is 0 Å². The van der Waals surface area contributed by atoms with E-state index in [2.05, 4.69) is 62.1 Å². The Balaban J connectivity index is 2.21. The minimum atomic E-state index is 0.796. The summed E-state index contributed by atoms with van der Waals surface area (Å²) in [6.45, 7) is 2.88. The standard InChI is InChI=1S/C11H10Br2N2/c1-8-2-3-9(4-11(8)13)6-15-7-10(12)5-14-15/h2-5,7H,6H2,1H3. The summed E-state index contributed by atoms with van der Waals surface area (Å²) in [6.07, 6.45) is 3.76. The lowest BCUT2D eigenvalue weighted by atomic mass is 10.1. The monoisotopic (exact) mass is 328 g/mol. The molecular formula is C11H10Br2N2. The third-order valence-corrected chi connectivity index (χ3v) is 3.45. The number of benzene rings is 1. The predicted molar refractivity (Wildman–Crippen MR) is 67.9 cm³/mol. The molecule has 2 aromatic rings. The van der Waals surface area contributed by atoms with Crippen molar-refractivity contribution in [2.75, 3.05) is 0 Å². The Hall–Kier alpha value is -0.610. The van der Waals surface area contributed by atoms with Gasteiger partial charge in [0.1, 0.15) is 0 Å². The fraction of sp³-hybridized carbons (Fsp3) is 0.182. The molecular weight excluding hydrogens is 320 g/mol. The van der Waals surface area contributed by atoms with Gasteiger partial charge < -0.3 is 0 Å². The molecule has 0 amide bonds. The largest absolute Gasteiger partial charge is 0.267 e. The van der Waals surface area contributed by atoms with E-state index < -0.39 is 0 Å². The highest BCUT2D eigenvalue weighted by molar-refractivity contribution is 9.10. The number of hydrogen-bond acceptors (Lipinski definition) is 1. The lowest BCUT2D eigenvalue weighted by Crippen LogP contribution is -1.99. The van der Waals surface area contributed by atoms with Crippen LogP contribution in [0, 0.1) is 6.92 Å². The van der Waals surface area contributed by atoms with Crippen LogP contribution in [0.5, 0.6) is 0 Å². The minimum Gasteiger partial charge on any atom is -0.267 e. The molecule has 0 spiro atoms. The molecule has 0 radical (unpaired) electrons. The highest BCUT2D eigenvalue weighted by Crippen LogP contribution is 2.18. The Morgan fingerprint density at radius 3 is 2.73 bits per heavy atom. The molecule has 0 aliphatic heterocycles. The van der Waals surface area contributed by atoms with Gasteiger partial charge in [0.2, 0.25) is 0 Å². The van der Waals surface area contributed by atoms with Crippen LogP contribution in [0.1, 0.15) is 11.1 Å². The van der Waals surface area contributed by atoms with Crippen LogP contribution in [-0.4, -0.2) is 9.78 Å². The molecule has 1 aromatic heterocycles. The average molecular weight is 330 g/mol. The lowest BCUT2D eigenvalue weighted by molar-refractivity contribution is 0.686. The van der Waals surface area contributed by atoms with Gasteiger partial charge in [-0.15, -0.1) is 0 Å². The van der Waals surface area contributed by atoms with E-state index in [4.69, 9.17) is 0 Å². The van der Waals surface area contributed by atoms with E-state index in [9.17, 15) is 0 Å². The van der Waals surface area contributed by atoms with Crippen molar-refractivity contribution in [2.45, 2.75) is 13.5 Å². The van der Waals surface area contributed by atoms with Crippen LogP contribution in [0.4, 0.5) is 0 Å². The van der Waals surface area contributed by atoms with Crippen LogP contribution < -0.4 is 0 Å². The van der Waals surface area contributed by atoms with Crippen molar-refractivity contribution in [3.05, 3.63) is 50.7 Å². The summed E-state index contributed by atoms with van der Waals surface area (Å²) < 4.78 is 4.06. The Labute approximate surface area is 106 Å². The van der Waals surface area contributed by atoms with Gasteiger partial charge in [-0.1, -0.05) is 28.1 Å². The molecule has 0 atom stereocenters. The summed E-state index contributed by atoms with van der Waals surface area (Å²) in [5.74, 6) is 0. The highest BCUT2D eigenvalue weighted by Gasteiger charge is 2.00. The zero-order valence-corrected chi connectivity index (χ0v) is 11.4. The van der Waals surface area contributed by atoms with Gasteiger partial charge in [0, 0.05) is 10.7 Å². The zero-order chi connectivity index (χ0) is 10.8. The fourth-order valence-corrected chi connectivity index (χ4v) is 2.10. The van der Waals surface area contributed by atoms with Gasteiger partial charge in [-0.2, -0.15) is 5.10 Å². The van der Waals surface area contributed by atoms with E-state index in [-0.39, 0.29) is 0 Å². The molecule has 0 aliphatic rings. The maximum atomic E-state index is 4.22. The maximum Gasteiger partial charge on any atom is 0.0660 e. The van der Waals surface area contributed by atoms with Gasteiger partial charge in [-0.25, -0.2) is 0 Å². The van der Waals surface area contributed by atoms with E-state index in [0.717, 1.165) is 15.5 Å². The van der Waals surface area contributed by atoms with Crippen molar-refractivity contribution in [1.29, 1.82) is 0 Å². The molecule has 1 aromatic carbocycles. The van der Waals surface area contributed by atoms with Crippen molar-refractivity contribution >= 4 is 31.9 Å². The molecule has 1 heterocycles. The summed E-state index contributed by atoms with van der Waals surface area (Å²) >= 11 is 6.90. The number of nitrogens with zero attached hydrogens (tertiary/aromatic N) is 2. The number of hydrogen-bond donors (Lipinski definition) is 0. The van der Waals surface area contributed by atoms with Crippen LogP contribution in [0.2, 0.25) is 0 Å². The van der Waals surface area contributed by atoms with E-state index in [1.807, 2.05) is 10.9 Å². The zero-order valence-electron chi connectivity index (χ0n) is 8.24. The minimum absolute atomic E-state index is 0.796. The smallest absolute Gasteiger partial charge is 0.0660 e. The Morgan fingerprint density at radius 2 is 2.13 bits per heavy atom. The molecule has 0 N–H and O–H groups in total. The predicted octanol–water partition coefficient (Wildman–Crippen LogP) is 3.76. The third-order valence-electron chi connectivity index (χ3n) is 2.18. The Bertz CT molecular complexity index is 477. The van der Waals surface area contributed by atoms with Crippen molar-refractivity contribution in [2.24, 2.45) is 0 Å². The molecule has 0 unspecified atom stereocenters. The van der Waals surface area contributed by atoms with Crippen molar-refractivity contribution in [1.82, 2.24) is 9.78 Å². The van der Waals surface area contributed by atoms with Crippen molar-refractivity contribution < 1.29 is 0 Å². The van der Waals surface area contributed by atoms with Crippen LogP contribution >= 0.6 is 31.9 Å². The van der Waals surface area contributed by atoms with Crippen molar-refractivity contribution in [3.63, 3.8) is 0 Å². The quantitative estimate of drug-likeness (QED) is 0.820. The van der Waals surface area contributed by atoms with Gasteiger partial charge in [0.15, 0.2) is 0 Å². The molecule has 0 saturated carbocycles. The average Bonchev–Trinajstić information content (AvgIpc) is 2.58. The second-order valence-corrected chi connectivity index (χ2v) is 5.21. The fourth-order valence-electron chi connectivity index (χ4n) is 1.35. The first-order chi connectivity index (χ1) is 7.15. The normalized spacial score (nSPS) is 10.6. The summed E-state index contributed by atoms with van der Waals surface area (Å²) in [4.78, 5) is 0. The van der Waals surface area contributed by atoms with Gasteiger partial charge in [0.25, 0.3) is 0 Å². The summed E-state index contributed by atoms with van der Waals surface area (Å²) in [5.41, 5.74) is 2.49. The first kappa shape index (κ1) is 10.9. The highest BCUT2D eigenvalue weighted by atomic mass is 79.9. The van der Waals surface area contributed by atoms with Crippen LogP contribution in [0.3, 0.4) is 0 Å². The number of rotatable bonds is 2. The molecule has 0 fully saturated rings. The Morgan fingerprint density at radius 1 is 1.33 bits per heavy atom. The summed E-state index contributed by atoms with van der Waals surface area (Å²) in [6, 6.07) is 6.36. The molecule has 0 saturated heterocycles. The molecule has 15 heavy (non-hydrogen) atoms. The third kappa shape index (κ3) is 2.69. The second kappa shape index (κ2) is 4.49. The lowest BCUT2D eigenvalue weighted by Gasteiger charge is -2.04. The topological polar surface area (TPSA) is 17.8 Å². The molecule has 0 bridgehead atoms. The molecule has 78 valence electrons. The number of aryl methyl sites for hydroxylation is 1. The second-order valence-electron chi connectivity index (χ2n) is 3.44. The van der Waals surface area contributed by atoms with Gasteiger partial charge in [0.05, 0.1) is 17.2 Å². The van der Waals surface area contributed by atoms with Crippen LogP contribution in [0.15, 0.2) is 39.5 Å². The van der Waals surface area contributed by atoms with Crippen LogP contribution in [-0.2, 0) is 6.54 Å². The van der Waals surface area contributed by atoms with Crippen molar-refractivity contribution in [3.8, 4) is 0 Å². The first-order valence-corrected chi connectivity index (χ1v) is 6.17. The van der Waals surface area contributed by atoms with Gasteiger partial charge in [-0.05, 0) is 40.0 Å². The van der Waals surface area contributed by atoms with Gasteiger partial charge >= 0.3 is 0 Å². The SMILES string of the molecule is Cc1ccc(Cn2cc(Br)cn2)cc1Br. The molecule has 0 aliphatic carbocycles. The molecule has 2 nitrogen and oxygen atoms in total. The number of halogens is 2. The van der Waals surface area contributed by atoms with Crippen LogP contribution in [0.25, 0.3) is 0 Å². The van der Waals surface area contributed by atoms with E-state index in [1.54, 1.807) is 6.20 Å². The number of aromatic nitrogens is 2. The van der Waals surface area contributed by atoms with E-state index in [1.165, 1.54) is 11.1 Å².